The molecule has 2 unspecified atom stereocenters. The summed E-state index contributed by atoms with van der Waals surface area (Å²) < 4.78 is 27.4. The molecule has 4 fully saturated rings. The topological polar surface area (TPSA) is 86.8 Å². The molecular weight excluding hydrogens is 546 g/mol. The minimum atomic E-state index is -3.77. The largest absolute Gasteiger partial charge is 0.352 e. The molecule has 8 heteroatoms. The lowest BCUT2D eigenvalue weighted by atomic mass is 9.48. The highest BCUT2D eigenvalue weighted by Gasteiger charge is 2.51. The lowest BCUT2D eigenvalue weighted by Gasteiger charge is -2.57. The third kappa shape index (κ3) is 6.53. The lowest BCUT2D eigenvalue weighted by Crippen LogP contribution is -2.53. The van der Waals surface area contributed by atoms with Gasteiger partial charge in [0.15, 0.2) is 0 Å². The molecule has 4 saturated carbocycles. The molecular formula is C34H47N3O4S. The number of hydrogen-bond acceptors (Lipinski definition) is 4. The molecule has 6 rings (SSSR count). The summed E-state index contributed by atoms with van der Waals surface area (Å²) in [5, 5.41) is 3.01. The van der Waals surface area contributed by atoms with E-state index in [0.29, 0.717) is 12.1 Å². The Morgan fingerprint density at radius 3 is 1.98 bits per heavy atom. The number of nitrogens with zero attached hydrogens (tertiary/aromatic N) is 2. The number of benzene rings is 2. The number of carbonyl (C=O) groups excluding carboxylic acids is 2. The molecule has 2 aromatic carbocycles. The molecule has 4 aliphatic carbocycles. The van der Waals surface area contributed by atoms with E-state index in [1.165, 1.54) is 53.3 Å². The van der Waals surface area contributed by atoms with Crippen LogP contribution in [0.3, 0.4) is 0 Å². The zero-order valence-corrected chi connectivity index (χ0v) is 26.4. The molecule has 0 radical (unpaired) electrons. The van der Waals surface area contributed by atoms with Gasteiger partial charge in [0.25, 0.3) is 0 Å². The average Bonchev–Trinajstić information content (AvgIpc) is 2.95. The van der Waals surface area contributed by atoms with E-state index < -0.39 is 22.0 Å². The molecule has 4 aliphatic rings. The third-order valence-electron chi connectivity index (χ3n) is 10.1. The molecule has 2 atom stereocenters. The first kappa shape index (κ1) is 30.6. The Morgan fingerprint density at radius 1 is 0.905 bits per heavy atom. The van der Waals surface area contributed by atoms with E-state index in [9.17, 15) is 18.0 Å². The van der Waals surface area contributed by atoms with Gasteiger partial charge in [0.1, 0.15) is 12.6 Å². The second-order valence-electron chi connectivity index (χ2n) is 13.3. The normalized spacial score (nSPS) is 26.0. The summed E-state index contributed by atoms with van der Waals surface area (Å²) in [7, 11) is -3.77. The molecule has 2 aromatic rings. The molecule has 2 amide bonds. The fourth-order valence-corrected chi connectivity index (χ4v) is 9.05. The van der Waals surface area contributed by atoms with Gasteiger partial charge in [-0.25, -0.2) is 8.42 Å². The van der Waals surface area contributed by atoms with Gasteiger partial charge in [-0.3, -0.25) is 13.9 Å². The highest BCUT2D eigenvalue weighted by molar-refractivity contribution is 7.92. The summed E-state index contributed by atoms with van der Waals surface area (Å²) in [5.74, 6) is 1.84. The van der Waals surface area contributed by atoms with E-state index in [1.807, 2.05) is 63.2 Å². The number of carbonyl (C=O) groups is 2. The molecule has 0 saturated heterocycles. The van der Waals surface area contributed by atoms with Crippen molar-refractivity contribution in [3.05, 3.63) is 65.7 Å². The fraction of sp³-hybridized carbons (Fsp3) is 0.588. The van der Waals surface area contributed by atoms with Gasteiger partial charge in [0.2, 0.25) is 21.8 Å². The van der Waals surface area contributed by atoms with Crippen LogP contribution in [0.4, 0.5) is 5.69 Å². The predicted octanol–water partition coefficient (Wildman–Crippen LogP) is 5.64. The van der Waals surface area contributed by atoms with Gasteiger partial charge in [-0.15, -0.1) is 0 Å². The number of nitrogens with one attached hydrogen (secondary N) is 1. The summed E-state index contributed by atoms with van der Waals surface area (Å²) >= 11 is 0. The predicted molar refractivity (Wildman–Crippen MR) is 167 cm³/mol. The maximum absolute atomic E-state index is 14.0. The highest BCUT2D eigenvalue weighted by atomic mass is 32.2. The van der Waals surface area contributed by atoms with Gasteiger partial charge in [0.05, 0.1) is 11.9 Å². The Morgan fingerprint density at radius 2 is 1.48 bits per heavy atom. The Bertz CT molecular complexity index is 1320. The quantitative estimate of drug-likeness (QED) is 0.345. The van der Waals surface area contributed by atoms with E-state index in [0.717, 1.165) is 36.0 Å². The second kappa shape index (κ2) is 12.4. The van der Waals surface area contributed by atoms with Crippen LogP contribution in [-0.2, 0) is 31.6 Å². The van der Waals surface area contributed by atoms with Gasteiger partial charge in [-0.2, -0.15) is 0 Å². The smallest absolute Gasteiger partial charge is 0.244 e. The maximum Gasteiger partial charge on any atom is 0.244 e. The maximum atomic E-state index is 14.0. The SMILES string of the molecule is CCC(C)NC(=O)C(CC)N(Cc1ccccc1)C(=O)CN(c1ccc(C23CC4CC(CC(C4)C2)C3)cc1)S(C)(=O)=O. The monoisotopic (exact) mass is 593 g/mol. The van der Waals surface area contributed by atoms with Crippen LogP contribution in [0.1, 0.15) is 83.3 Å². The van der Waals surface area contributed by atoms with Gasteiger partial charge >= 0.3 is 0 Å². The molecule has 0 spiro atoms. The van der Waals surface area contributed by atoms with Crippen LogP contribution in [0.2, 0.25) is 0 Å². The molecule has 0 heterocycles. The van der Waals surface area contributed by atoms with Crippen molar-refractivity contribution in [1.82, 2.24) is 10.2 Å². The van der Waals surface area contributed by atoms with Crippen molar-refractivity contribution >= 4 is 27.5 Å². The molecule has 0 aliphatic heterocycles. The third-order valence-corrected chi connectivity index (χ3v) is 11.2. The second-order valence-corrected chi connectivity index (χ2v) is 15.2. The van der Waals surface area contributed by atoms with Crippen LogP contribution in [-0.4, -0.2) is 50.0 Å². The van der Waals surface area contributed by atoms with Crippen LogP contribution in [0, 0.1) is 17.8 Å². The van der Waals surface area contributed by atoms with Crippen LogP contribution in [0.25, 0.3) is 0 Å². The molecule has 4 bridgehead atoms. The Kier molecular flexibility index (Phi) is 9.02. The van der Waals surface area contributed by atoms with E-state index in [-0.39, 0.29) is 30.5 Å². The van der Waals surface area contributed by atoms with E-state index in [2.05, 4.69) is 17.4 Å². The fourth-order valence-electron chi connectivity index (χ4n) is 8.20. The van der Waals surface area contributed by atoms with E-state index in [4.69, 9.17) is 0 Å². The number of rotatable bonds is 12. The van der Waals surface area contributed by atoms with Gasteiger partial charge in [-0.05, 0) is 105 Å². The van der Waals surface area contributed by atoms with Crippen molar-refractivity contribution in [2.75, 3.05) is 17.1 Å². The van der Waals surface area contributed by atoms with Crippen molar-refractivity contribution in [2.24, 2.45) is 17.8 Å². The van der Waals surface area contributed by atoms with E-state index >= 15 is 0 Å². The molecule has 42 heavy (non-hydrogen) atoms. The number of hydrogen-bond donors (Lipinski definition) is 1. The lowest BCUT2D eigenvalue weighted by molar-refractivity contribution is -0.140. The molecule has 7 nitrogen and oxygen atoms in total. The minimum absolute atomic E-state index is 0.0276. The van der Waals surface area contributed by atoms with Crippen molar-refractivity contribution in [3.8, 4) is 0 Å². The molecule has 1 N–H and O–H groups in total. The highest BCUT2D eigenvalue weighted by Crippen LogP contribution is 2.60. The van der Waals surface area contributed by atoms with Crippen molar-refractivity contribution in [3.63, 3.8) is 0 Å². The van der Waals surface area contributed by atoms with Crippen LogP contribution in [0.15, 0.2) is 54.6 Å². The first-order valence-corrected chi connectivity index (χ1v) is 17.6. The van der Waals surface area contributed by atoms with Gasteiger partial charge in [-0.1, -0.05) is 56.3 Å². The zero-order chi connectivity index (χ0) is 30.1. The summed E-state index contributed by atoms with van der Waals surface area (Å²) in [6, 6.07) is 16.7. The van der Waals surface area contributed by atoms with Crippen LogP contribution in [0.5, 0.6) is 0 Å². The van der Waals surface area contributed by atoms with Crippen molar-refractivity contribution in [2.45, 2.75) is 96.2 Å². The van der Waals surface area contributed by atoms with Gasteiger partial charge < -0.3 is 10.2 Å². The van der Waals surface area contributed by atoms with Gasteiger partial charge in [0, 0.05) is 12.6 Å². The summed E-state index contributed by atoms with van der Waals surface area (Å²) in [4.78, 5) is 28.8. The standard InChI is InChI=1S/C34H47N3O4S/c1-5-24(3)35-33(39)31(6-2)36(22-25-10-8-7-9-11-25)32(38)23-37(42(4,40)41)30-14-12-29(13-15-30)34-19-26-16-27(20-34)18-28(17-26)21-34/h7-15,24,26-28,31H,5-6,16-23H2,1-4H3,(H,35,39). The van der Waals surface area contributed by atoms with Crippen molar-refractivity contribution < 1.29 is 18.0 Å². The molecule has 0 aromatic heterocycles. The van der Waals surface area contributed by atoms with E-state index in [1.54, 1.807) is 0 Å². The number of anilines is 1. The number of sulfonamides is 1. The Balaban J connectivity index is 1.39. The van der Waals surface area contributed by atoms with Crippen molar-refractivity contribution in [1.29, 1.82) is 0 Å². The summed E-state index contributed by atoms with van der Waals surface area (Å²) in [6.07, 6.45) is 10.1. The number of amides is 2. The molecule has 228 valence electrons. The first-order chi connectivity index (χ1) is 20.0. The summed E-state index contributed by atoms with van der Waals surface area (Å²) in [5.41, 5.74) is 2.88. The van der Waals surface area contributed by atoms with Crippen LogP contribution < -0.4 is 9.62 Å². The minimum Gasteiger partial charge on any atom is -0.352 e. The van der Waals surface area contributed by atoms with Crippen LogP contribution >= 0.6 is 0 Å². The Hall–Kier alpha value is -2.87. The zero-order valence-electron chi connectivity index (χ0n) is 25.6. The first-order valence-electron chi connectivity index (χ1n) is 15.7. The summed E-state index contributed by atoms with van der Waals surface area (Å²) in [6.45, 7) is 5.66. The average molecular weight is 594 g/mol. The Labute approximate surface area is 252 Å².